The molecule has 14 heteroatoms. The van der Waals surface area contributed by atoms with Crippen LogP contribution in [0.3, 0.4) is 0 Å². The van der Waals surface area contributed by atoms with E-state index in [4.69, 9.17) is 15.0 Å². The third-order valence-electron chi connectivity index (χ3n) is 4.84. The largest absolute Gasteiger partial charge is 0.490 e. The van der Waals surface area contributed by atoms with Crippen LogP contribution in [0, 0.1) is 0 Å². The topological polar surface area (TPSA) is 170 Å². The number of benzene rings is 1. The van der Waals surface area contributed by atoms with Crippen LogP contribution in [0.1, 0.15) is 52.8 Å². The molecule has 1 aromatic carbocycles. The zero-order valence-electron chi connectivity index (χ0n) is 17.5. The summed E-state index contributed by atoms with van der Waals surface area (Å²) in [6.45, 7) is 0.448. The molecule has 3 rings (SSSR count). The Morgan fingerprint density at radius 2 is 1.74 bits per heavy atom. The number of rotatable bonds is 7. The number of fused-ring (bicyclic) bond motifs is 1. The highest BCUT2D eigenvalue weighted by molar-refractivity contribution is 6.25. The van der Waals surface area contributed by atoms with Crippen LogP contribution < -0.4 is 10.6 Å². The molecule has 0 spiro atoms. The number of carboxylic acids is 2. The molecule has 0 radical (unpaired) electrons. The predicted molar refractivity (Wildman–Crippen MR) is 107 cm³/mol. The van der Waals surface area contributed by atoms with Crippen LogP contribution in [0.5, 0.6) is 0 Å². The van der Waals surface area contributed by atoms with Crippen molar-refractivity contribution >= 4 is 41.3 Å². The Morgan fingerprint density at radius 1 is 1.09 bits per heavy atom. The van der Waals surface area contributed by atoms with E-state index in [-0.39, 0.29) is 30.4 Å². The lowest BCUT2D eigenvalue weighted by Gasteiger charge is -2.27. The number of nitrogens with zero attached hydrogens (tertiary/aromatic N) is 1. The summed E-state index contributed by atoms with van der Waals surface area (Å²) in [4.78, 5) is 69.3. The number of nitrogens with one attached hydrogen (secondary N) is 2. The Morgan fingerprint density at radius 3 is 2.29 bits per heavy atom. The molecule has 34 heavy (non-hydrogen) atoms. The van der Waals surface area contributed by atoms with Gasteiger partial charge in [-0.3, -0.25) is 34.2 Å². The molecule has 4 amide bonds. The van der Waals surface area contributed by atoms with E-state index < -0.39 is 47.8 Å². The lowest BCUT2D eigenvalue weighted by molar-refractivity contribution is -0.192. The molecule has 2 aliphatic heterocycles. The van der Waals surface area contributed by atoms with E-state index in [0.29, 0.717) is 25.1 Å². The van der Waals surface area contributed by atoms with Gasteiger partial charge in [0.15, 0.2) is 0 Å². The fourth-order valence-corrected chi connectivity index (χ4v) is 3.29. The third-order valence-corrected chi connectivity index (χ3v) is 4.84. The van der Waals surface area contributed by atoms with E-state index in [9.17, 15) is 37.1 Å². The summed E-state index contributed by atoms with van der Waals surface area (Å²) >= 11 is 0. The van der Waals surface area contributed by atoms with Gasteiger partial charge in [0.2, 0.25) is 11.8 Å². The Bertz CT molecular complexity index is 1020. The lowest BCUT2D eigenvalue weighted by atomic mass is 10.0. The number of alkyl halides is 3. The number of aliphatic carboxylic acids is 2. The predicted octanol–water partition coefficient (Wildman–Crippen LogP) is 1.39. The Kier molecular flexibility index (Phi) is 8.32. The minimum atomic E-state index is -5.08. The summed E-state index contributed by atoms with van der Waals surface area (Å²) in [7, 11) is 0. The number of halogens is 3. The van der Waals surface area contributed by atoms with Crippen molar-refractivity contribution in [2.45, 2.75) is 44.3 Å². The molecule has 0 bridgehead atoms. The molecular formula is C20H20F3N3O8. The van der Waals surface area contributed by atoms with Crippen LogP contribution in [-0.4, -0.2) is 69.4 Å². The minimum absolute atomic E-state index is 0.0648. The number of carboxylic acid groups (broad SMARTS) is 2. The molecule has 1 saturated heterocycles. The van der Waals surface area contributed by atoms with Crippen LogP contribution in [0.15, 0.2) is 18.2 Å². The number of carbonyl (C=O) groups excluding carboxylic acids is 4. The SMILES string of the molecule is O=C(O)C(F)(F)F.O=C(O)CCCCNc1cccc2c1C(=O)N(C1CCC(=O)NC1=O)C2=O. The number of imide groups is 2. The van der Waals surface area contributed by atoms with E-state index in [1.807, 2.05) is 0 Å². The number of anilines is 1. The van der Waals surface area contributed by atoms with Gasteiger partial charge in [-0.15, -0.1) is 0 Å². The van der Waals surface area contributed by atoms with Crippen molar-refractivity contribution in [3.05, 3.63) is 29.3 Å². The quantitative estimate of drug-likeness (QED) is 0.328. The summed E-state index contributed by atoms with van der Waals surface area (Å²) < 4.78 is 31.7. The summed E-state index contributed by atoms with van der Waals surface area (Å²) in [5.74, 6) is -5.82. The summed E-state index contributed by atoms with van der Waals surface area (Å²) in [5, 5.41) is 21.0. The van der Waals surface area contributed by atoms with Gasteiger partial charge in [-0.25, -0.2) is 4.79 Å². The third kappa shape index (κ3) is 6.30. The monoisotopic (exact) mass is 487 g/mol. The van der Waals surface area contributed by atoms with Crippen molar-refractivity contribution < 1.29 is 52.2 Å². The van der Waals surface area contributed by atoms with E-state index in [2.05, 4.69) is 10.6 Å². The lowest BCUT2D eigenvalue weighted by Crippen LogP contribution is -2.54. The maximum Gasteiger partial charge on any atom is 0.490 e. The minimum Gasteiger partial charge on any atom is -0.481 e. The number of piperidine rings is 1. The second kappa shape index (κ2) is 10.8. The van der Waals surface area contributed by atoms with Crippen molar-refractivity contribution in [3.63, 3.8) is 0 Å². The molecule has 0 saturated carbocycles. The average Bonchev–Trinajstić information content (AvgIpc) is 2.99. The van der Waals surface area contributed by atoms with Gasteiger partial charge >= 0.3 is 18.1 Å². The Labute approximate surface area is 189 Å². The van der Waals surface area contributed by atoms with Gasteiger partial charge in [0.05, 0.1) is 11.1 Å². The van der Waals surface area contributed by atoms with E-state index in [1.165, 1.54) is 6.07 Å². The first kappa shape index (κ1) is 26.3. The van der Waals surface area contributed by atoms with Gasteiger partial charge in [-0.1, -0.05) is 6.07 Å². The molecule has 2 heterocycles. The second-order valence-electron chi connectivity index (χ2n) is 7.26. The van der Waals surface area contributed by atoms with Gasteiger partial charge in [0.1, 0.15) is 6.04 Å². The zero-order valence-corrected chi connectivity index (χ0v) is 17.5. The molecule has 11 nitrogen and oxygen atoms in total. The molecule has 184 valence electrons. The van der Waals surface area contributed by atoms with E-state index in [0.717, 1.165) is 4.90 Å². The van der Waals surface area contributed by atoms with Gasteiger partial charge < -0.3 is 15.5 Å². The van der Waals surface area contributed by atoms with Crippen molar-refractivity contribution in [2.24, 2.45) is 0 Å². The summed E-state index contributed by atoms with van der Waals surface area (Å²) in [5.41, 5.74) is 0.877. The molecule has 4 N–H and O–H groups in total. The van der Waals surface area contributed by atoms with Crippen molar-refractivity contribution in [1.82, 2.24) is 10.2 Å². The van der Waals surface area contributed by atoms with Crippen molar-refractivity contribution in [2.75, 3.05) is 11.9 Å². The smallest absolute Gasteiger partial charge is 0.481 e. The van der Waals surface area contributed by atoms with Crippen LogP contribution in [-0.2, 0) is 19.2 Å². The number of hydrogen-bond donors (Lipinski definition) is 4. The summed E-state index contributed by atoms with van der Waals surface area (Å²) in [6, 6.07) is 3.82. The fraction of sp³-hybridized carbons (Fsp3) is 0.400. The van der Waals surface area contributed by atoms with Gasteiger partial charge in [0, 0.05) is 25.1 Å². The van der Waals surface area contributed by atoms with Crippen LogP contribution >= 0.6 is 0 Å². The standard InChI is InChI=1S/C18H19N3O6.C2HF3O2/c22-13-8-7-12(16(25)20-13)21-17(26)10-4-3-5-11(15(10)18(21)27)19-9-2-1-6-14(23)24;3-2(4,5)1(6)7/h3-5,12,19H,1-2,6-9H2,(H,23,24)(H,20,22,25);(H,6,7). The van der Waals surface area contributed by atoms with E-state index >= 15 is 0 Å². The summed E-state index contributed by atoms with van der Waals surface area (Å²) in [6.07, 6.45) is -3.76. The molecule has 1 aromatic rings. The number of unbranched alkanes of at least 4 members (excludes halogenated alkanes) is 1. The zero-order chi connectivity index (χ0) is 25.6. The highest BCUT2D eigenvalue weighted by Crippen LogP contribution is 2.32. The number of amides is 4. The van der Waals surface area contributed by atoms with Crippen molar-refractivity contribution in [1.29, 1.82) is 0 Å². The van der Waals surface area contributed by atoms with Crippen LogP contribution in [0.4, 0.5) is 18.9 Å². The van der Waals surface area contributed by atoms with Gasteiger partial charge in [0.25, 0.3) is 11.8 Å². The maximum atomic E-state index is 12.9. The normalized spacial score (nSPS) is 17.5. The Hall–Kier alpha value is -3.97. The van der Waals surface area contributed by atoms with Crippen molar-refractivity contribution in [3.8, 4) is 0 Å². The van der Waals surface area contributed by atoms with Crippen LogP contribution in [0.2, 0.25) is 0 Å². The number of hydrogen-bond acceptors (Lipinski definition) is 7. The van der Waals surface area contributed by atoms with Gasteiger partial charge in [-0.05, 0) is 31.4 Å². The molecule has 2 aliphatic rings. The molecular weight excluding hydrogens is 467 g/mol. The van der Waals surface area contributed by atoms with Gasteiger partial charge in [-0.2, -0.15) is 13.2 Å². The first-order valence-corrected chi connectivity index (χ1v) is 9.95. The molecule has 1 fully saturated rings. The Balaban J connectivity index is 0.000000509. The highest BCUT2D eigenvalue weighted by Gasteiger charge is 2.45. The molecule has 0 aromatic heterocycles. The second-order valence-corrected chi connectivity index (χ2v) is 7.26. The van der Waals surface area contributed by atoms with E-state index in [1.54, 1.807) is 12.1 Å². The maximum absolute atomic E-state index is 12.9. The molecule has 0 aliphatic carbocycles. The number of carbonyl (C=O) groups is 6. The molecule has 1 unspecified atom stereocenters. The fourth-order valence-electron chi connectivity index (χ4n) is 3.29. The molecule has 1 atom stereocenters. The highest BCUT2D eigenvalue weighted by atomic mass is 19.4. The first-order valence-electron chi connectivity index (χ1n) is 9.95. The first-order chi connectivity index (χ1) is 15.8. The van der Waals surface area contributed by atoms with Crippen LogP contribution in [0.25, 0.3) is 0 Å². The average molecular weight is 487 g/mol.